The van der Waals surface area contributed by atoms with Gasteiger partial charge in [0.25, 0.3) is 11.9 Å². The summed E-state index contributed by atoms with van der Waals surface area (Å²) in [5, 5.41) is 14.8. The lowest BCUT2D eigenvalue weighted by atomic mass is 10.1. The highest BCUT2D eigenvalue weighted by atomic mass is 16.4. The van der Waals surface area contributed by atoms with E-state index in [0.29, 0.717) is 0 Å². The van der Waals surface area contributed by atoms with E-state index in [-0.39, 0.29) is 0 Å². The van der Waals surface area contributed by atoms with Gasteiger partial charge in [-0.1, -0.05) is 58.8 Å². The van der Waals surface area contributed by atoms with E-state index in [4.69, 9.17) is 19.8 Å². The summed E-state index contributed by atoms with van der Waals surface area (Å²) in [6.07, 6.45) is 9.97. The third-order valence-electron chi connectivity index (χ3n) is 1.71. The van der Waals surface area contributed by atoms with Crippen molar-refractivity contribution in [1.82, 2.24) is 0 Å². The van der Waals surface area contributed by atoms with E-state index in [1.807, 2.05) is 0 Å². The summed E-state index contributed by atoms with van der Waals surface area (Å²) in [6.45, 7) is 6.69. The van der Waals surface area contributed by atoms with Crippen LogP contribution in [0.25, 0.3) is 0 Å². The van der Waals surface area contributed by atoms with Crippen LogP contribution in [0.5, 0.6) is 0 Å². The van der Waals surface area contributed by atoms with Crippen molar-refractivity contribution >= 4 is 11.9 Å². The zero-order valence-electron chi connectivity index (χ0n) is 11.7. The van der Waals surface area contributed by atoms with Gasteiger partial charge in [0.05, 0.1) is 0 Å². The molecule has 0 amide bonds. The van der Waals surface area contributed by atoms with Crippen LogP contribution in [0.1, 0.15) is 72.6 Å². The molecule has 0 aromatic heterocycles. The standard InChI is InChI=1S/C9H20.2C2H4O2/c1-3-5-7-9-8-6-4-2;2*1-2(3)4/h3-9H2,1-2H3;2*1H3,(H,3,4). The molecule has 104 valence electrons. The van der Waals surface area contributed by atoms with Gasteiger partial charge in [-0.05, 0) is 0 Å². The molecule has 0 unspecified atom stereocenters. The predicted molar refractivity (Wildman–Crippen MR) is 70.3 cm³/mol. The first-order chi connectivity index (χ1) is 7.88. The number of aliphatic carboxylic acids is 2. The summed E-state index contributed by atoms with van der Waals surface area (Å²) in [6, 6.07) is 0. The SMILES string of the molecule is CC(=O)O.CC(=O)O.CCCCCCCCC. The van der Waals surface area contributed by atoms with Gasteiger partial charge in [-0.25, -0.2) is 0 Å². The average molecular weight is 248 g/mol. The molecule has 0 bridgehead atoms. The fourth-order valence-electron chi connectivity index (χ4n) is 1.03. The van der Waals surface area contributed by atoms with E-state index in [1.165, 1.54) is 44.9 Å². The fourth-order valence-corrected chi connectivity index (χ4v) is 1.03. The molecule has 0 saturated heterocycles. The second kappa shape index (κ2) is 20.4. The molecule has 0 aliphatic carbocycles. The van der Waals surface area contributed by atoms with E-state index < -0.39 is 11.9 Å². The Kier molecular flexibility index (Phi) is 25.5. The minimum absolute atomic E-state index is 0.833. The molecule has 2 N–H and O–H groups in total. The first kappa shape index (κ1) is 21.2. The average Bonchev–Trinajstić information content (AvgIpc) is 2.16. The van der Waals surface area contributed by atoms with Gasteiger partial charge in [0, 0.05) is 13.8 Å². The van der Waals surface area contributed by atoms with E-state index >= 15 is 0 Å². The van der Waals surface area contributed by atoms with Gasteiger partial charge in [0.2, 0.25) is 0 Å². The molecule has 4 nitrogen and oxygen atoms in total. The number of rotatable bonds is 6. The second-order valence-corrected chi connectivity index (χ2v) is 3.81. The Hall–Kier alpha value is -1.06. The maximum absolute atomic E-state index is 9.00. The van der Waals surface area contributed by atoms with Crippen molar-refractivity contribution in [2.75, 3.05) is 0 Å². The van der Waals surface area contributed by atoms with Gasteiger partial charge >= 0.3 is 0 Å². The van der Waals surface area contributed by atoms with E-state index in [0.717, 1.165) is 13.8 Å². The molecule has 0 aliphatic rings. The van der Waals surface area contributed by atoms with Gasteiger partial charge < -0.3 is 10.2 Å². The maximum atomic E-state index is 9.00. The minimum Gasteiger partial charge on any atom is -0.481 e. The minimum atomic E-state index is -0.833. The summed E-state index contributed by atoms with van der Waals surface area (Å²) >= 11 is 0. The van der Waals surface area contributed by atoms with Gasteiger partial charge in [0.15, 0.2) is 0 Å². The second-order valence-electron chi connectivity index (χ2n) is 3.81. The quantitative estimate of drug-likeness (QED) is 0.698. The molecule has 0 aliphatic heterocycles. The summed E-state index contributed by atoms with van der Waals surface area (Å²) in [7, 11) is 0. The van der Waals surface area contributed by atoms with Crippen LogP contribution in [0.15, 0.2) is 0 Å². The normalized spacial score (nSPS) is 8.24. The van der Waals surface area contributed by atoms with Crippen molar-refractivity contribution in [2.45, 2.75) is 72.6 Å². The van der Waals surface area contributed by atoms with Crippen LogP contribution in [-0.2, 0) is 9.59 Å². The van der Waals surface area contributed by atoms with Crippen LogP contribution in [0.2, 0.25) is 0 Å². The van der Waals surface area contributed by atoms with Gasteiger partial charge in [-0.3, -0.25) is 9.59 Å². The van der Waals surface area contributed by atoms with Crippen LogP contribution in [0.4, 0.5) is 0 Å². The molecule has 0 heterocycles. The lowest BCUT2D eigenvalue weighted by molar-refractivity contribution is -0.135. The monoisotopic (exact) mass is 248 g/mol. The third kappa shape index (κ3) is 103. The molecule has 0 radical (unpaired) electrons. The highest BCUT2D eigenvalue weighted by molar-refractivity contribution is 5.63. The van der Waals surface area contributed by atoms with Gasteiger partial charge in [-0.2, -0.15) is 0 Å². The number of unbranched alkanes of at least 4 members (excludes halogenated alkanes) is 6. The molecule has 0 rings (SSSR count). The van der Waals surface area contributed by atoms with Crippen LogP contribution in [-0.4, -0.2) is 22.2 Å². The molecule has 0 spiro atoms. The van der Waals surface area contributed by atoms with Crippen LogP contribution < -0.4 is 0 Å². The summed E-state index contributed by atoms with van der Waals surface area (Å²) in [5.74, 6) is -1.67. The van der Waals surface area contributed by atoms with Crippen molar-refractivity contribution in [1.29, 1.82) is 0 Å². The van der Waals surface area contributed by atoms with Crippen LogP contribution in [0.3, 0.4) is 0 Å². The van der Waals surface area contributed by atoms with E-state index in [9.17, 15) is 0 Å². The Balaban J connectivity index is -0.000000205. The molecule has 0 aromatic carbocycles. The molecule has 0 aromatic rings. The number of hydrogen-bond donors (Lipinski definition) is 2. The van der Waals surface area contributed by atoms with Crippen LogP contribution in [0, 0.1) is 0 Å². The van der Waals surface area contributed by atoms with Crippen molar-refractivity contribution in [3.63, 3.8) is 0 Å². The fraction of sp³-hybridized carbons (Fsp3) is 0.846. The Morgan fingerprint density at radius 2 is 0.882 bits per heavy atom. The Labute approximate surface area is 105 Å². The smallest absolute Gasteiger partial charge is 0.300 e. The molecular weight excluding hydrogens is 220 g/mol. The summed E-state index contributed by atoms with van der Waals surface area (Å²) < 4.78 is 0. The Morgan fingerprint density at radius 1 is 0.706 bits per heavy atom. The Morgan fingerprint density at radius 3 is 1.06 bits per heavy atom. The number of hydrogen-bond acceptors (Lipinski definition) is 2. The first-order valence-corrected chi connectivity index (χ1v) is 6.27. The predicted octanol–water partition coefficient (Wildman–Crippen LogP) is 3.94. The largest absolute Gasteiger partial charge is 0.481 e. The van der Waals surface area contributed by atoms with Crippen molar-refractivity contribution in [3.8, 4) is 0 Å². The summed E-state index contributed by atoms with van der Waals surface area (Å²) in [5.41, 5.74) is 0. The van der Waals surface area contributed by atoms with Crippen molar-refractivity contribution in [3.05, 3.63) is 0 Å². The first-order valence-electron chi connectivity index (χ1n) is 6.27. The lowest BCUT2D eigenvalue weighted by Gasteiger charge is -1.96. The van der Waals surface area contributed by atoms with Gasteiger partial charge in [0.1, 0.15) is 0 Å². The number of carboxylic acid groups (broad SMARTS) is 2. The zero-order chi connectivity index (χ0) is 14.1. The Bertz CT molecular complexity index is 141. The third-order valence-corrected chi connectivity index (χ3v) is 1.71. The number of carboxylic acids is 2. The molecule has 0 fully saturated rings. The topological polar surface area (TPSA) is 74.6 Å². The highest BCUT2D eigenvalue weighted by Gasteiger charge is 1.85. The molecule has 0 atom stereocenters. The van der Waals surface area contributed by atoms with E-state index in [2.05, 4.69) is 13.8 Å². The van der Waals surface area contributed by atoms with Crippen molar-refractivity contribution < 1.29 is 19.8 Å². The summed E-state index contributed by atoms with van der Waals surface area (Å²) in [4.78, 5) is 18.0. The van der Waals surface area contributed by atoms with Crippen LogP contribution >= 0.6 is 0 Å². The molecular formula is C13H28O4. The lowest BCUT2D eigenvalue weighted by Crippen LogP contribution is -1.78. The highest BCUT2D eigenvalue weighted by Crippen LogP contribution is 2.05. The van der Waals surface area contributed by atoms with E-state index in [1.54, 1.807) is 0 Å². The van der Waals surface area contributed by atoms with Gasteiger partial charge in [-0.15, -0.1) is 0 Å². The van der Waals surface area contributed by atoms with Crippen molar-refractivity contribution in [2.24, 2.45) is 0 Å². The molecule has 4 heteroatoms. The molecule has 0 saturated carbocycles. The molecule has 17 heavy (non-hydrogen) atoms. The number of carbonyl (C=O) groups is 2. The maximum Gasteiger partial charge on any atom is 0.300 e. The zero-order valence-corrected chi connectivity index (χ0v) is 11.7.